The van der Waals surface area contributed by atoms with E-state index in [1.54, 1.807) is 7.11 Å². The van der Waals surface area contributed by atoms with E-state index in [1.807, 2.05) is 5.38 Å². The van der Waals surface area contributed by atoms with E-state index in [9.17, 15) is 4.79 Å². The Morgan fingerprint density at radius 3 is 2.83 bits per heavy atom. The van der Waals surface area contributed by atoms with Crippen LogP contribution in [0.3, 0.4) is 0 Å². The van der Waals surface area contributed by atoms with Crippen LogP contribution in [-0.2, 0) is 16.0 Å². The molecule has 1 heterocycles. The number of aromatic nitrogens is 1. The van der Waals surface area contributed by atoms with Crippen molar-refractivity contribution in [2.45, 2.75) is 44.2 Å². The van der Waals surface area contributed by atoms with Crippen LogP contribution in [0.4, 0.5) is 5.13 Å². The lowest BCUT2D eigenvalue weighted by molar-refractivity contribution is -0.127. The van der Waals surface area contributed by atoms with Gasteiger partial charge in [0, 0.05) is 31.0 Å². The van der Waals surface area contributed by atoms with Crippen LogP contribution >= 0.6 is 36.2 Å². The molecule has 1 aliphatic carbocycles. The Morgan fingerprint density at radius 1 is 1.48 bits per heavy atom. The summed E-state index contributed by atoms with van der Waals surface area (Å²) in [6.45, 7) is 0.663. The molecular weight excluding hydrogens is 359 g/mol. The van der Waals surface area contributed by atoms with Crippen molar-refractivity contribution >= 4 is 47.2 Å². The summed E-state index contributed by atoms with van der Waals surface area (Å²) in [5, 5.41) is 5.55. The largest absolute Gasteiger partial charge is 0.380 e. The number of nitrogens with one attached hydrogen (secondary N) is 1. The summed E-state index contributed by atoms with van der Waals surface area (Å²) in [6.07, 6.45) is 4.10. The third kappa shape index (κ3) is 6.81. The summed E-state index contributed by atoms with van der Waals surface area (Å²) >= 11 is 1.45. The number of hydrogen-bond acceptors (Lipinski definition) is 6. The third-order valence-electron chi connectivity index (χ3n) is 3.99. The molecule has 1 fully saturated rings. The number of amides is 1. The summed E-state index contributed by atoms with van der Waals surface area (Å²) < 4.78 is 5.35. The zero-order valence-electron chi connectivity index (χ0n) is 13.2. The van der Waals surface area contributed by atoms with Gasteiger partial charge in [-0.1, -0.05) is 0 Å². The standard InChI is InChI=1S/C14H24N4O2S.2ClH/c1-20-12-7-9(4-5-11(12)15)13(19)17-6-2-3-10-8-21-14(16)18-10;;/h8-9,11-12H,2-7,15H2,1H3,(H2,16,18)(H,17,19);2*1H/t9-,11-,12-;;/m0../s1. The van der Waals surface area contributed by atoms with Crippen molar-refractivity contribution in [3.8, 4) is 0 Å². The molecule has 0 bridgehead atoms. The van der Waals surface area contributed by atoms with Gasteiger partial charge in [-0.05, 0) is 32.1 Å². The highest BCUT2D eigenvalue weighted by atomic mass is 35.5. The molecule has 1 aromatic rings. The highest BCUT2D eigenvalue weighted by molar-refractivity contribution is 7.13. The number of halogens is 2. The van der Waals surface area contributed by atoms with Crippen LogP contribution in [0.2, 0.25) is 0 Å². The monoisotopic (exact) mass is 384 g/mol. The molecule has 3 atom stereocenters. The van der Waals surface area contributed by atoms with Crippen LogP contribution in [0.1, 0.15) is 31.4 Å². The summed E-state index contributed by atoms with van der Waals surface area (Å²) in [5.74, 6) is 0.131. The van der Waals surface area contributed by atoms with Crippen LogP contribution in [0.5, 0.6) is 0 Å². The van der Waals surface area contributed by atoms with Gasteiger partial charge in [-0.2, -0.15) is 0 Å². The maximum absolute atomic E-state index is 12.1. The molecule has 0 aromatic carbocycles. The maximum atomic E-state index is 12.1. The normalized spacial score (nSPS) is 23.5. The molecule has 5 N–H and O–H groups in total. The molecule has 6 nitrogen and oxygen atoms in total. The minimum absolute atomic E-state index is 0. The zero-order valence-corrected chi connectivity index (χ0v) is 15.6. The number of hydrogen-bond donors (Lipinski definition) is 3. The first kappa shape index (κ1) is 22.4. The molecule has 1 amide bonds. The molecule has 1 aromatic heterocycles. The van der Waals surface area contributed by atoms with Gasteiger partial charge in [-0.3, -0.25) is 4.79 Å². The van der Waals surface area contributed by atoms with E-state index in [2.05, 4.69) is 10.3 Å². The molecule has 0 radical (unpaired) electrons. The smallest absolute Gasteiger partial charge is 0.223 e. The van der Waals surface area contributed by atoms with E-state index in [0.717, 1.165) is 31.4 Å². The number of rotatable bonds is 6. The number of carbonyl (C=O) groups is 1. The Labute approximate surface area is 153 Å². The van der Waals surface area contributed by atoms with Gasteiger partial charge < -0.3 is 21.5 Å². The second kappa shape index (κ2) is 11.0. The van der Waals surface area contributed by atoms with E-state index in [1.165, 1.54) is 11.3 Å². The molecule has 0 saturated heterocycles. The summed E-state index contributed by atoms with van der Waals surface area (Å²) in [5.41, 5.74) is 12.5. The summed E-state index contributed by atoms with van der Waals surface area (Å²) in [4.78, 5) is 16.3. The van der Waals surface area contributed by atoms with Gasteiger partial charge in [0.05, 0.1) is 11.8 Å². The minimum Gasteiger partial charge on any atom is -0.380 e. The molecular formula is C14H26Cl2N4O2S. The highest BCUT2D eigenvalue weighted by Crippen LogP contribution is 2.25. The quantitative estimate of drug-likeness (QED) is 0.648. The molecule has 134 valence electrons. The van der Waals surface area contributed by atoms with Crippen molar-refractivity contribution in [3.05, 3.63) is 11.1 Å². The van der Waals surface area contributed by atoms with Gasteiger partial charge >= 0.3 is 0 Å². The second-order valence-electron chi connectivity index (χ2n) is 5.52. The maximum Gasteiger partial charge on any atom is 0.223 e. The number of thiazole rings is 1. The number of nitrogens with zero attached hydrogens (tertiary/aromatic N) is 1. The third-order valence-corrected chi connectivity index (χ3v) is 4.72. The van der Waals surface area contributed by atoms with Crippen LogP contribution in [0.15, 0.2) is 5.38 Å². The Morgan fingerprint density at radius 2 is 2.22 bits per heavy atom. The SMILES string of the molecule is CO[C@H]1C[C@@H](C(=O)NCCCc2csc(N)n2)CC[C@@H]1N.Cl.Cl. The topological polar surface area (TPSA) is 103 Å². The number of carbonyl (C=O) groups excluding carboxylic acids is 1. The molecule has 0 aliphatic heterocycles. The van der Waals surface area contributed by atoms with Gasteiger partial charge in [0.15, 0.2) is 5.13 Å². The van der Waals surface area contributed by atoms with Crippen LogP contribution in [0, 0.1) is 5.92 Å². The fourth-order valence-electron chi connectivity index (χ4n) is 2.72. The average Bonchev–Trinajstić information content (AvgIpc) is 2.89. The number of aryl methyl sites for hydroxylation is 1. The predicted molar refractivity (Wildman–Crippen MR) is 98.5 cm³/mol. The molecule has 0 spiro atoms. The lowest BCUT2D eigenvalue weighted by Crippen LogP contribution is -2.45. The summed E-state index contributed by atoms with van der Waals surface area (Å²) in [6, 6.07) is 0.0502. The van der Waals surface area contributed by atoms with Crippen LogP contribution in [0.25, 0.3) is 0 Å². The average molecular weight is 385 g/mol. The van der Waals surface area contributed by atoms with Gasteiger partial charge in [0.1, 0.15) is 0 Å². The van der Waals surface area contributed by atoms with Crippen molar-refractivity contribution in [1.82, 2.24) is 10.3 Å². The first-order valence-electron chi connectivity index (χ1n) is 7.36. The van der Waals surface area contributed by atoms with E-state index < -0.39 is 0 Å². The predicted octanol–water partition coefficient (Wildman–Crippen LogP) is 1.76. The number of ether oxygens (including phenoxy) is 1. The summed E-state index contributed by atoms with van der Waals surface area (Å²) in [7, 11) is 1.66. The fourth-order valence-corrected chi connectivity index (χ4v) is 3.32. The molecule has 2 rings (SSSR count). The fraction of sp³-hybridized carbons (Fsp3) is 0.714. The van der Waals surface area contributed by atoms with E-state index in [-0.39, 0.29) is 48.8 Å². The van der Waals surface area contributed by atoms with Crippen molar-refractivity contribution in [2.75, 3.05) is 19.4 Å². The van der Waals surface area contributed by atoms with Gasteiger partial charge in [-0.15, -0.1) is 36.2 Å². The van der Waals surface area contributed by atoms with E-state index in [0.29, 0.717) is 18.1 Å². The Balaban J connectivity index is 0.00000242. The highest BCUT2D eigenvalue weighted by Gasteiger charge is 2.31. The van der Waals surface area contributed by atoms with Crippen molar-refractivity contribution in [2.24, 2.45) is 11.7 Å². The Kier molecular flexibility index (Phi) is 10.8. The van der Waals surface area contributed by atoms with Crippen molar-refractivity contribution in [1.29, 1.82) is 0 Å². The molecule has 1 aliphatic rings. The number of methoxy groups -OCH3 is 1. The van der Waals surface area contributed by atoms with Gasteiger partial charge in [-0.25, -0.2) is 4.98 Å². The van der Waals surface area contributed by atoms with Crippen molar-refractivity contribution in [3.63, 3.8) is 0 Å². The molecule has 9 heteroatoms. The van der Waals surface area contributed by atoms with Crippen LogP contribution < -0.4 is 16.8 Å². The lowest BCUT2D eigenvalue weighted by atomic mass is 9.83. The second-order valence-corrected chi connectivity index (χ2v) is 6.41. The minimum atomic E-state index is -0.00696. The Bertz CT molecular complexity index is 475. The Hall–Kier alpha value is -0.600. The van der Waals surface area contributed by atoms with E-state index >= 15 is 0 Å². The first-order valence-corrected chi connectivity index (χ1v) is 8.24. The number of nitrogens with two attached hydrogens (primary N) is 2. The molecule has 0 unspecified atom stereocenters. The lowest BCUT2D eigenvalue weighted by Gasteiger charge is -2.32. The van der Waals surface area contributed by atoms with Gasteiger partial charge in [0.25, 0.3) is 0 Å². The molecule has 23 heavy (non-hydrogen) atoms. The van der Waals surface area contributed by atoms with E-state index in [4.69, 9.17) is 16.2 Å². The van der Waals surface area contributed by atoms with Crippen molar-refractivity contribution < 1.29 is 9.53 Å². The number of anilines is 1. The molecule has 1 saturated carbocycles. The number of nitrogen functional groups attached to an aromatic ring is 1. The van der Waals surface area contributed by atoms with Gasteiger partial charge in [0.2, 0.25) is 5.91 Å². The zero-order chi connectivity index (χ0) is 15.2. The van der Waals surface area contributed by atoms with Crippen LogP contribution in [-0.4, -0.2) is 36.7 Å². The first-order chi connectivity index (χ1) is 10.1.